The Morgan fingerprint density at radius 1 is 1.26 bits per heavy atom. The van der Waals surface area contributed by atoms with E-state index in [2.05, 4.69) is 27.0 Å². The van der Waals surface area contributed by atoms with Gasteiger partial charge in [-0.2, -0.15) is 0 Å². The number of hydrogen-bond donors (Lipinski definition) is 2. The van der Waals surface area contributed by atoms with Gasteiger partial charge in [-0.15, -0.1) is 4.91 Å². The SMILES string of the molecule is C=CN=CN(C)/C(C=O)=C\c1cccc(N=O)c1.CNCc1ccc2nc(Cl)c(CO)cc2c1. The molecule has 0 saturated carbocycles. The fourth-order valence-corrected chi connectivity index (χ4v) is 3.15. The summed E-state index contributed by atoms with van der Waals surface area (Å²) in [5, 5.41) is 16.4. The molecule has 0 saturated heterocycles. The lowest BCUT2D eigenvalue weighted by molar-refractivity contribution is -0.105. The van der Waals surface area contributed by atoms with Gasteiger partial charge >= 0.3 is 0 Å². The number of carbonyl (C=O) groups excluding carboxylic acids is 1. The van der Waals surface area contributed by atoms with Crippen LogP contribution in [-0.2, 0) is 17.9 Å². The number of likely N-dealkylation sites (N-methyl/N-ethyl adjacent to an activating group) is 1. The Hall–Kier alpha value is -3.72. The van der Waals surface area contributed by atoms with Crippen molar-refractivity contribution in [3.63, 3.8) is 0 Å². The Labute approximate surface area is 203 Å². The van der Waals surface area contributed by atoms with Gasteiger partial charge in [0.2, 0.25) is 0 Å². The Morgan fingerprint density at radius 3 is 2.71 bits per heavy atom. The van der Waals surface area contributed by atoms with Crippen molar-refractivity contribution < 1.29 is 9.90 Å². The highest BCUT2D eigenvalue weighted by Gasteiger charge is 2.05. The second kappa shape index (κ2) is 13.7. The third-order valence-electron chi connectivity index (χ3n) is 4.62. The van der Waals surface area contributed by atoms with E-state index in [1.807, 2.05) is 31.3 Å². The molecule has 2 N–H and O–H groups in total. The zero-order valence-corrected chi connectivity index (χ0v) is 19.7. The smallest absolute Gasteiger partial charge is 0.166 e. The van der Waals surface area contributed by atoms with Crippen LogP contribution in [0.2, 0.25) is 5.15 Å². The molecular weight excluding hydrogens is 454 g/mol. The van der Waals surface area contributed by atoms with Crippen molar-refractivity contribution in [2.75, 3.05) is 14.1 Å². The van der Waals surface area contributed by atoms with Crippen LogP contribution in [-0.4, -0.2) is 41.7 Å². The van der Waals surface area contributed by atoms with E-state index >= 15 is 0 Å². The molecule has 1 heterocycles. The van der Waals surface area contributed by atoms with Gasteiger partial charge in [0, 0.05) is 30.7 Å². The van der Waals surface area contributed by atoms with Gasteiger partial charge in [0.25, 0.3) is 0 Å². The summed E-state index contributed by atoms with van der Waals surface area (Å²) in [7, 11) is 3.60. The first-order valence-corrected chi connectivity index (χ1v) is 10.6. The molecule has 0 amide bonds. The van der Waals surface area contributed by atoms with Crippen LogP contribution in [0.4, 0.5) is 5.69 Å². The molecule has 0 radical (unpaired) electrons. The third-order valence-corrected chi connectivity index (χ3v) is 4.95. The Balaban J connectivity index is 0.000000241. The van der Waals surface area contributed by atoms with Gasteiger partial charge in [0.1, 0.15) is 10.8 Å². The molecule has 0 unspecified atom stereocenters. The minimum atomic E-state index is -0.0853. The van der Waals surface area contributed by atoms with E-state index < -0.39 is 0 Å². The zero-order chi connectivity index (χ0) is 24.9. The van der Waals surface area contributed by atoms with E-state index in [9.17, 15) is 9.70 Å². The highest BCUT2D eigenvalue weighted by Crippen LogP contribution is 2.21. The minimum Gasteiger partial charge on any atom is -0.392 e. The largest absolute Gasteiger partial charge is 0.392 e. The summed E-state index contributed by atoms with van der Waals surface area (Å²) in [6.45, 7) is 4.17. The molecule has 2 aromatic carbocycles. The number of rotatable bonds is 9. The van der Waals surface area contributed by atoms with Gasteiger partial charge in [-0.05, 0) is 59.8 Å². The number of nitrogens with zero attached hydrogens (tertiary/aromatic N) is 4. The summed E-state index contributed by atoms with van der Waals surface area (Å²) < 4.78 is 0. The number of aliphatic hydroxyl groups is 1. The number of carbonyl (C=O) groups is 1. The summed E-state index contributed by atoms with van der Waals surface area (Å²) in [6, 6.07) is 14.5. The number of allylic oxidation sites excluding steroid dienone is 1. The van der Waals surface area contributed by atoms with Crippen LogP contribution in [0.3, 0.4) is 0 Å². The molecular formula is C25H26ClN5O3. The van der Waals surface area contributed by atoms with Crippen molar-refractivity contribution in [3.8, 4) is 0 Å². The maximum absolute atomic E-state index is 11.0. The number of halogens is 1. The molecule has 0 atom stereocenters. The molecule has 3 rings (SSSR count). The Kier molecular flexibility index (Phi) is 10.7. The highest BCUT2D eigenvalue weighted by atomic mass is 35.5. The highest BCUT2D eigenvalue weighted by molar-refractivity contribution is 6.30. The number of aliphatic hydroxyl groups excluding tert-OH is 1. The molecule has 3 aromatic rings. The van der Waals surface area contributed by atoms with E-state index in [-0.39, 0.29) is 6.61 Å². The van der Waals surface area contributed by atoms with Crippen LogP contribution in [0.15, 0.2) is 77.2 Å². The normalized spacial score (nSPS) is 11.1. The maximum atomic E-state index is 11.0. The second-order valence-corrected chi connectivity index (χ2v) is 7.44. The lowest BCUT2D eigenvalue weighted by Gasteiger charge is -2.11. The number of nitroso groups, excluding NO2 is 1. The number of aromatic nitrogens is 1. The summed E-state index contributed by atoms with van der Waals surface area (Å²) in [4.78, 5) is 31.0. The number of fused-ring (bicyclic) bond motifs is 1. The number of hydrogen-bond acceptors (Lipinski definition) is 7. The first-order chi connectivity index (χ1) is 16.4. The van der Waals surface area contributed by atoms with Crippen LogP contribution in [0.5, 0.6) is 0 Å². The van der Waals surface area contributed by atoms with Crippen LogP contribution in [0.1, 0.15) is 16.7 Å². The average Bonchev–Trinajstić information content (AvgIpc) is 2.86. The molecule has 1 aromatic heterocycles. The quantitative estimate of drug-likeness (QED) is 0.114. The predicted molar refractivity (Wildman–Crippen MR) is 138 cm³/mol. The van der Waals surface area contributed by atoms with Gasteiger partial charge in [0.05, 0.1) is 24.2 Å². The lowest BCUT2D eigenvalue weighted by Crippen LogP contribution is -2.16. The van der Waals surface area contributed by atoms with Gasteiger partial charge in [-0.3, -0.25) is 4.79 Å². The van der Waals surface area contributed by atoms with Crippen LogP contribution >= 0.6 is 11.6 Å². The first-order valence-electron chi connectivity index (χ1n) is 10.3. The first kappa shape index (κ1) is 26.5. The van der Waals surface area contributed by atoms with Gasteiger partial charge in [-0.25, -0.2) is 9.98 Å². The van der Waals surface area contributed by atoms with Crippen LogP contribution in [0.25, 0.3) is 17.0 Å². The number of aliphatic imine (C=N–C) groups is 1. The van der Waals surface area contributed by atoms with Gasteiger partial charge < -0.3 is 15.3 Å². The number of pyridine rings is 1. The van der Waals surface area contributed by atoms with E-state index in [1.165, 1.54) is 18.1 Å². The van der Waals surface area contributed by atoms with Crippen molar-refractivity contribution in [1.82, 2.24) is 15.2 Å². The third kappa shape index (κ3) is 7.70. The molecule has 0 aliphatic heterocycles. The molecule has 0 aliphatic rings. The average molecular weight is 480 g/mol. The standard InChI is InChI=1S/C13H13N3O2.C12H13ClN2O/c1-3-14-10-16(2)13(9-17)8-11-5-4-6-12(7-11)15-18;1-14-6-8-2-3-11-9(4-8)5-10(7-16)12(13)15-11/h3-10H,1H2,2H3;2-5,14,16H,6-7H2,1H3/b13-8-,14-10?;. The van der Waals surface area contributed by atoms with E-state index in [0.29, 0.717) is 34.0 Å². The van der Waals surface area contributed by atoms with Gasteiger partial charge in [0.15, 0.2) is 6.29 Å². The molecule has 0 aliphatic carbocycles. The van der Waals surface area contributed by atoms with E-state index in [4.69, 9.17) is 16.7 Å². The van der Waals surface area contributed by atoms with E-state index in [0.717, 1.165) is 17.4 Å². The zero-order valence-electron chi connectivity index (χ0n) is 19.0. The molecule has 34 heavy (non-hydrogen) atoms. The van der Waals surface area contributed by atoms with E-state index in [1.54, 1.807) is 42.3 Å². The Bertz CT molecular complexity index is 1210. The molecule has 9 heteroatoms. The van der Waals surface area contributed by atoms with Crippen molar-refractivity contribution in [2.45, 2.75) is 13.2 Å². The molecule has 8 nitrogen and oxygen atoms in total. The fourth-order valence-electron chi connectivity index (χ4n) is 2.95. The summed E-state index contributed by atoms with van der Waals surface area (Å²) in [5.41, 5.74) is 4.13. The minimum absolute atomic E-state index is 0.0853. The topological polar surface area (TPSA) is 107 Å². The van der Waals surface area contributed by atoms with Crippen LogP contribution < -0.4 is 5.32 Å². The fraction of sp³-hybridized carbons (Fsp3) is 0.160. The van der Waals surface area contributed by atoms with Crippen molar-refractivity contribution in [3.05, 3.63) is 93.8 Å². The second-order valence-electron chi connectivity index (χ2n) is 7.09. The summed E-state index contributed by atoms with van der Waals surface area (Å²) >= 11 is 5.92. The molecule has 0 spiro atoms. The maximum Gasteiger partial charge on any atom is 0.166 e. The predicted octanol–water partition coefficient (Wildman–Crippen LogP) is 4.83. The molecule has 0 bridgehead atoms. The van der Waals surface area contributed by atoms with Crippen molar-refractivity contribution >= 4 is 46.9 Å². The molecule has 176 valence electrons. The van der Waals surface area contributed by atoms with Crippen molar-refractivity contribution in [1.29, 1.82) is 0 Å². The molecule has 0 fully saturated rings. The summed E-state index contributed by atoms with van der Waals surface area (Å²) in [5.74, 6) is 0. The van der Waals surface area contributed by atoms with Crippen molar-refractivity contribution in [2.24, 2.45) is 10.2 Å². The Morgan fingerprint density at radius 2 is 2.06 bits per heavy atom. The number of nitrogens with one attached hydrogen (secondary N) is 1. The van der Waals surface area contributed by atoms with Crippen LogP contribution in [0, 0.1) is 4.91 Å². The number of aldehydes is 1. The lowest BCUT2D eigenvalue weighted by atomic mass is 10.1. The van der Waals surface area contributed by atoms with Gasteiger partial charge in [-0.1, -0.05) is 36.4 Å². The summed E-state index contributed by atoms with van der Waals surface area (Å²) in [6.07, 6.45) is 5.18. The monoisotopic (exact) mass is 479 g/mol. The number of benzene rings is 2.